The van der Waals surface area contributed by atoms with Gasteiger partial charge in [0.15, 0.2) is 17.1 Å². The van der Waals surface area contributed by atoms with Gasteiger partial charge in [0, 0.05) is 19.2 Å². The van der Waals surface area contributed by atoms with E-state index in [1.165, 1.54) is 32.2 Å². The first-order valence-electron chi connectivity index (χ1n) is 11.1. The number of rotatable bonds is 11. The molecule has 2 heterocycles. The number of amides is 1. The van der Waals surface area contributed by atoms with Gasteiger partial charge >= 0.3 is 0 Å². The van der Waals surface area contributed by atoms with E-state index < -0.39 is 10.8 Å². The van der Waals surface area contributed by atoms with Gasteiger partial charge in [0.05, 0.1) is 43.3 Å². The predicted molar refractivity (Wildman–Crippen MR) is 132 cm³/mol. The SMILES string of the molecule is COc1cc(C(=O)NCCn2ncc3c(NCCc4ccccc4)ncnc32)c([N+](=O)[O-])cc1OC. The molecule has 0 aliphatic carbocycles. The van der Waals surface area contributed by atoms with Gasteiger partial charge < -0.3 is 20.1 Å². The van der Waals surface area contributed by atoms with Crippen LogP contribution in [-0.2, 0) is 13.0 Å². The number of ether oxygens (including phenoxy) is 2. The lowest BCUT2D eigenvalue weighted by atomic mass is 10.1. The molecule has 0 aliphatic rings. The Balaban J connectivity index is 1.41. The van der Waals surface area contributed by atoms with E-state index in [9.17, 15) is 14.9 Å². The van der Waals surface area contributed by atoms with Gasteiger partial charge in [0.1, 0.15) is 17.7 Å². The second-order valence-electron chi connectivity index (χ2n) is 7.73. The van der Waals surface area contributed by atoms with Gasteiger partial charge in [-0.1, -0.05) is 30.3 Å². The normalized spacial score (nSPS) is 10.7. The van der Waals surface area contributed by atoms with Crippen molar-refractivity contribution in [2.45, 2.75) is 13.0 Å². The van der Waals surface area contributed by atoms with Crippen molar-refractivity contribution < 1.29 is 19.2 Å². The van der Waals surface area contributed by atoms with Crippen LogP contribution < -0.4 is 20.1 Å². The highest BCUT2D eigenvalue weighted by Gasteiger charge is 2.24. The third-order valence-electron chi connectivity index (χ3n) is 5.53. The highest BCUT2D eigenvalue weighted by molar-refractivity contribution is 5.99. The van der Waals surface area contributed by atoms with Crippen LogP contribution in [0.1, 0.15) is 15.9 Å². The minimum Gasteiger partial charge on any atom is -0.493 e. The molecule has 0 saturated heterocycles. The van der Waals surface area contributed by atoms with E-state index in [0.29, 0.717) is 24.6 Å². The van der Waals surface area contributed by atoms with E-state index >= 15 is 0 Å². The molecule has 186 valence electrons. The molecular formula is C24H25N7O5. The van der Waals surface area contributed by atoms with Gasteiger partial charge in [-0.3, -0.25) is 14.9 Å². The lowest BCUT2D eigenvalue weighted by Gasteiger charge is -2.11. The molecule has 12 heteroatoms. The second-order valence-corrected chi connectivity index (χ2v) is 7.73. The maximum Gasteiger partial charge on any atom is 0.286 e. The predicted octanol–water partition coefficient (Wildman–Crippen LogP) is 2.84. The molecule has 0 saturated carbocycles. The van der Waals surface area contributed by atoms with Crippen LogP contribution in [0, 0.1) is 10.1 Å². The lowest BCUT2D eigenvalue weighted by Crippen LogP contribution is -2.28. The van der Waals surface area contributed by atoms with Crippen LogP contribution in [0.2, 0.25) is 0 Å². The Bertz CT molecular complexity index is 1370. The summed E-state index contributed by atoms with van der Waals surface area (Å²) < 4.78 is 11.9. The van der Waals surface area contributed by atoms with Gasteiger partial charge in [-0.05, 0) is 12.0 Å². The van der Waals surface area contributed by atoms with Crippen molar-refractivity contribution >= 4 is 28.4 Å². The number of nitro benzene ring substituents is 1. The molecule has 0 atom stereocenters. The van der Waals surface area contributed by atoms with Crippen molar-refractivity contribution in [1.82, 2.24) is 25.1 Å². The molecule has 2 aromatic carbocycles. The van der Waals surface area contributed by atoms with Crippen LogP contribution in [0.4, 0.5) is 11.5 Å². The molecule has 4 aromatic rings. The largest absolute Gasteiger partial charge is 0.493 e. The standard InChI is InChI=1S/C24H25N7O5/c1-35-20-12-17(19(31(33)34)13-21(20)36-2)24(32)26-10-11-30-23-18(14-29-30)22(27-15-28-23)25-9-8-16-6-4-3-5-7-16/h3-7,12-15H,8-11H2,1-2H3,(H,26,32)(H,25,27,28). The number of hydrogen-bond acceptors (Lipinski definition) is 9. The topological polar surface area (TPSA) is 146 Å². The van der Waals surface area contributed by atoms with Crippen molar-refractivity contribution in [2.24, 2.45) is 0 Å². The number of aromatic nitrogens is 4. The zero-order chi connectivity index (χ0) is 25.5. The Morgan fingerprint density at radius 3 is 2.56 bits per heavy atom. The van der Waals surface area contributed by atoms with Crippen molar-refractivity contribution in [3.05, 3.63) is 76.2 Å². The fourth-order valence-corrected chi connectivity index (χ4v) is 3.74. The Kier molecular flexibility index (Phi) is 7.54. The van der Waals surface area contributed by atoms with Crippen LogP contribution in [0.5, 0.6) is 11.5 Å². The van der Waals surface area contributed by atoms with Crippen molar-refractivity contribution in [1.29, 1.82) is 0 Å². The van der Waals surface area contributed by atoms with E-state index in [4.69, 9.17) is 9.47 Å². The summed E-state index contributed by atoms with van der Waals surface area (Å²) in [6.07, 6.45) is 3.97. The second kappa shape index (κ2) is 11.1. The molecule has 0 fully saturated rings. The smallest absolute Gasteiger partial charge is 0.286 e. The summed E-state index contributed by atoms with van der Waals surface area (Å²) in [5.74, 6) is 0.441. The highest BCUT2D eigenvalue weighted by Crippen LogP contribution is 2.34. The monoisotopic (exact) mass is 491 g/mol. The minimum absolute atomic E-state index is 0.129. The van der Waals surface area contributed by atoms with Crippen molar-refractivity contribution in [3.8, 4) is 11.5 Å². The molecule has 0 bridgehead atoms. The fourth-order valence-electron chi connectivity index (χ4n) is 3.74. The summed E-state index contributed by atoms with van der Waals surface area (Å²) in [5.41, 5.74) is 1.32. The Labute approximate surface area is 206 Å². The van der Waals surface area contributed by atoms with E-state index in [0.717, 1.165) is 17.9 Å². The highest BCUT2D eigenvalue weighted by atomic mass is 16.6. The summed E-state index contributed by atoms with van der Waals surface area (Å²) in [6, 6.07) is 12.6. The van der Waals surface area contributed by atoms with Gasteiger partial charge in [0.25, 0.3) is 11.6 Å². The first kappa shape index (κ1) is 24.4. The van der Waals surface area contributed by atoms with E-state index in [1.54, 1.807) is 10.9 Å². The van der Waals surface area contributed by atoms with Crippen LogP contribution in [0.3, 0.4) is 0 Å². The summed E-state index contributed by atoms with van der Waals surface area (Å²) in [4.78, 5) is 32.2. The molecule has 0 radical (unpaired) electrons. The van der Waals surface area contributed by atoms with Gasteiger partial charge in [-0.25, -0.2) is 14.6 Å². The fraction of sp³-hybridized carbons (Fsp3) is 0.250. The molecule has 0 aliphatic heterocycles. The molecule has 4 rings (SSSR count). The zero-order valence-electron chi connectivity index (χ0n) is 19.8. The number of nitrogens with zero attached hydrogens (tertiary/aromatic N) is 5. The average Bonchev–Trinajstić information content (AvgIpc) is 3.32. The third-order valence-corrected chi connectivity index (χ3v) is 5.53. The summed E-state index contributed by atoms with van der Waals surface area (Å²) in [5, 5.41) is 22.6. The van der Waals surface area contributed by atoms with Crippen molar-refractivity contribution in [3.63, 3.8) is 0 Å². The minimum atomic E-state index is -0.638. The average molecular weight is 492 g/mol. The number of nitrogens with one attached hydrogen (secondary N) is 2. The van der Waals surface area contributed by atoms with Gasteiger partial charge in [0.2, 0.25) is 0 Å². The summed E-state index contributed by atoms with van der Waals surface area (Å²) in [7, 11) is 2.75. The molecule has 2 N–H and O–H groups in total. The van der Waals surface area contributed by atoms with E-state index in [1.807, 2.05) is 18.2 Å². The first-order valence-corrected chi connectivity index (χ1v) is 11.1. The van der Waals surface area contributed by atoms with Gasteiger partial charge in [-0.15, -0.1) is 0 Å². The number of hydrogen-bond donors (Lipinski definition) is 2. The zero-order valence-corrected chi connectivity index (χ0v) is 19.8. The van der Waals surface area contributed by atoms with Crippen molar-refractivity contribution in [2.75, 3.05) is 32.6 Å². The molecule has 2 aromatic heterocycles. The first-order chi connectivity index (χ1) is 17.5. The number of methoxy groups -OCH3 is 2. The molecule has 12 nitrogen and oxygen atoms in total. The number of carbonyl (C=O) groups excluding carboxylic acids is 1. The van der Waals surface area contributed by atoms with Gasteiger partial charge in [-0.2, -0.15) is 5.10 Å². The van der Waals surface area contributed by atoms with Crippen LogP contribution >= 0.6 is 0 Å². The number of anilines is 1. The lowest BCUT2D eigenvalue weighted by molar-refractivity contribution is -0.385. The number of benzene rings is 2. The van der Waals surface area contributed by atoms with E-state index in [2.05, 4.69) is 37.8 Å². The molecule has 36 heavy (non-hydrogen) atoms. The number of carbonyl (C=O) groups is 1. The molecule has 0 unspecified atom stereocenters. The third kappa shape index (κ3) is 5.32. The number of fused-ring (bicyclic) bond motifs is 1. The van der Waals surface area contributed by atoms with E-state index in [-0.39, 0.29) is 29.3 Å². The number of nitro groups is 1. The summed E-state index contributed by atoms with van der Waals surface area (Å²) in [6.45, 7) is 1.17. The quantitative estimate of drug-likeness (QED) is 0.239. The molecular weight excluding hydrogens is 466 g/mol. The molecule has 1 amide bonds. The van der Waals surface area contributed by atoms with Crippen LogP contribution in [0.25, 0.3) is 11.0 Å². The Hall–Kier alpha value is -4.74. The van der Waals surface area contributed by atoms with Crippen LogP contribution in [-0.4, -0.2) is 57.9 Å². The molecule has 0 spiro atoms. The Morgan fingerprint density at radius 2 is 1.83 bits per heavy atom. The summed E-state index contributed by atoms with van der Waals surface area (Å²) >= 11 is 0. The van der Waals surface area contributed by atoms with Crippen LogP contribution in [0.15, 0.2) is 55.0 Å². The maximum atomic E-state index is 12.7. The maximum absolute atomic E-state index is 12.7. The Morgan fingerprint density at radius 1 is 1.08 bits per heavy atom.